The number of rotatable bonds is 4. The topological polar surface area (TPSA) is 67.4 Å². The van der Waals surface area contributed by atoms with Crippen molar-refractivity contribution in [3.05, 3.63) is 28.8 Å². The molecule has 1 atom stereocenters. The largest absolute Gasteiger partial charge is 0.496 e. The van der Waals surface area contributed by atoms with Gasteiger partial charge in [0.25, 0.3) is 0 Å². The van der Waals surface area contributed by atoms with Gasteiger partial charge in [-0.2, -0.15) is 0 Å². The second-order valence-corrected chi connectivity index (χ2v) is 8.49. The van der Waals surface area contributed by atoms with Crippen LogP contribution in [0.5, 0.6) is 5.75 Å². The van der Waals surface area contributed by atoms with Crippen LogP contribution in [-0.2, 0) is 29.0 Å². The standard InChI is InChI=1S/C18H24N2O3S/c1-18(2)17(22)20-14(10-24-18)16(21)19-9-13-7-11-5-4-6-12(11)8-15(13)23-3/h7-8,14H,4-6,9-10H2,1-3H3,(H,19,21)(H,20,22)/t14-/m0/s1. The molecule has 0 aromatic heterocycles. The average molecular weight is 348 g/mol. The van der Waals surface area contributed by atoms with Gasteiger partial charge in [0.15, 0.2) is 0 Å². The van der Waals surface area contributed by atoms with Crippen LogP contribution in [0, 0.1) is 0 Å². The van der Waals surface area contributed by atoms with Crippen molar-refractivity contribution in [1.29, 1.82) is 0 Å². The Morgan fingerprint density at radius 2 is 2.08 bits per heavy atom. The van der Waals surface area contributed by atoms with Crippen molar-refractivity contribution in [3.8, 4) is 5.75 Å². The number of fused-ring (bicyclic) bond motifs is 1. The van der Waals surface area contributed by atoms with E-state index < -0.39 is 10.8 Å². The van der Waals surface area contributed by atoms with Crippen LogP contribution in [0.15, 0.2) is 12.1 Å². The molecule has 5 nitrogen and oxygen atoms in total. The van der Waals surface area contributed by atoms with E-state index in [1.165, 1.54) is 29.3 Å². The SMILES string of the molecule is COc1cc2c(cc1CNC(=O)[C@@H]1CSC(C)(C)C(=O)N1)CCC2. The van der Waals surface area contributed by atoms with Crippen LogP contribution in [0.4, 0.5) is 0 Å². The Bertz CT molecular complexity index is 672. The maximum absolute atomic E-state index is 12.4. The van der Waals surface area contributed by atoms with Crippen LogP contribution >= 0.6 is 11.8 Å². The maximum atomic E-state index is 12.4. The number of ether oxygens (including phenoxy) is 1. The van der Waals surface area contributed by atoms with E-state index in [9.17, 15) is 9.59 Å². The number of aryl methyl sites for hydroxylation is 2. The van der Waals surface area contributed by atoms with E-state index in [0.29, 0.717) is 12.3 Å². The lowest BCUT2D eigenvalue weighted by Gasteiger charge is -2.32. The molecule has 2 amide bonds. The molecule has 2 N–H and O–H groups in total. The second-order valence-electron chi connectivity index (χ2n) is 6.85. The molecule has 6 heteroatoms. The Kier molecular flexibility index (Phi) is 4.76. The molecule has 1 aliphatic heterocycles. The first-order valence-electron chi connectivity index (χ1n) is 8.32. The molecule has 1 heterocycles. The van der Waals surface area contributed by atoms with Crippen LogP contribution in [0.25, 0.3) is 0 Å². The molecular formula is C18H24N2O3S. The number of carbonyl (C=O) groups is 2. The maximum Gasteiger partial charge on any atom is 0.243 e. The van der Waals surface area contributed by atoms with Crippen LogP contribution in [0.2, 0.25) is 0 Å². The molecule has 0 radical (unpaired) electrons. The Labute approximate surface area is 146 Å². The fourth-order valence-corrected chi connectivity index (χ4v) is 4.17. The van der Waals surface area contributed by atoms with E-state index in [2.05, 4.69) is 22.8 Å². The van der Waals surface area contributed by atoms with Gasteiger partial charge >= 0.3 is 0 Å². The van der Waals surface area contributed by atoms with E-state index >= 15 is 0 Å². The predicted octanol–water partition coefficient (Wildman–Crippen LogP) is 1.81. The van der Waals surface area contributed by atoms with E-state index in [4.69, 9.17) is 4.74 Å². The van der Waals surface area contributed by atoms with Crippen molar-refractivity contribution in [2.24, 2.45) is 0 Å². The third-order valence-electron chi connectivity index (χ3n) is 4.73. The summed E-state index contributed by atoms with van der Waals surface area (Å²) in [6.07, 6.45) is 3.36. The Morgan fingerprint density at radius 3 is 2.75 bits per heavy atom. The van der Waals surface area contributed by atoms with Gasteiger partial charge in [-0.1, -0.05) is 6.07 Å². The fourth-order valence-electron chi connectivity index (χ4n) is 3.16. The molecule has 1 aromatic rings. The number of methoxy groups -OCH3 is 1. The molecule has 24 heavy (non-hydrogen) atoms. The van der Waals surface area contributed by atoms with Gasteiger partial charge in [0, 0.05) is 17.9 Å². The zero-order chi connectivity index (χ0) is 17.3. The summed E-state index contributed by atoms with van der Waals surface area (Å²) in [6, 6.07) is 3.75. The summed E-state index contributed by atoms with van der Waals surface area (Å²) in [4.78, 5) is 24.4. The minimum absolute atomic E-state index is 0.0889. The van der Waals surface area contributed by atoms with Crippen LogP contribution in [0.3, 0.4) is 0 Å². The van der Waals surface area contributed by atoms with Gasteiger partial charge in [0.1, 0.15) is 11.8 Å². The van der Waals surface area contributed by atoms with Gasteiger partial charge in [-0.3, -0.25) is 9.59 Å². The third-order valence-corrected chi connectivity index (χ3v) is 6.13. The van der Waals surface area contributed by atoms with Crippen molar-refractivity contribution < 1.29 is 14.3 Å². The highest BCUT2D eigenvalue weighted by Gasteiger charge is 2.37. The van der Waals surface area contributed by atoms with Gasteiger partial charge < -0.3 is 15.4 Å². The fraction of sp³-hybridized carbons (Fsp3) is 0.556. The van der Waals surface area contributed by atoms with Gasteiger partial charge in [-0.05, 0) is 50.3 Å². The minimum atomic E-state index is -0.476. The van der Waals surface area contributed by atoms with E-state index in [0.717, 1.165) is 24.2 Å². The number of carbonyl (C=O) groups excluding carboxylic acids is 2. The Hall–Kier alpha value is -1.69. The molecule has 0 unspecified atom stereocenters. The van der Waals surface area contributed by atoms with Gasteiger partial charge in [0.2, 0.25) is 11.8 Å². The quantitative estimate of drug-likeness (QED) is 0.871. The number of amides is 2. The number of hydrogen-bond donors (Lipinski definition) is 2. The lowest BCUT2D eigenvalue weighted by atomic mass is 10.0. The average Bonchev–Trinajstić information content (AvgIpc) is 3.01. The van der Waals surface area contributed by atoms with Crippen molar-refractivity contribution in [2.75, 3.05) is 12.9 Å². The van der Waals surface area contributed by atoms with Gasteiger partial charge in [-0.25, -0.2) is 0 Å². The summed E-state index contributed by atoms with van der Waals surface area (Å²) >= 11 is 1.51. The molecule has 0 spiro atoms. The summed E-state index contributed by atoms with van der Waals surface area (Å²) in [7, 11) is 1.65. The highest BCUT2D eigenvalue weighted by molar-refractivity contribution is 8.01. The van der Waals surface area contributed by atoms with Crippen molar-refractivity contribution >= 4 is 23.6 Å². The second kappa shape index (κ2) is 6.67. The molecule has 1 saturated heterocycles. The van der Waals surface area contributed by atoms with Gasteiger partial charge in [0.05, 0.1) is 11.9 Å². The first-order valence-corrected chi connectivity index (χ1v) is 9.30. The van der Waals surface area contributed by atoms with Crippen molar-refractivity contribution in [1.82, 2.24) is 10.6 Å². The highest BCUT2D eigenvalue weighted by atomic mass is 32.2. The van der Waals surface area contributed by atoms with Crippen LogP contribution in [0.1, 0.15) is 37.0 Å². The summed E-state index contributed by atoms with van der Waals surface area (Å²) in [5.41, 5.74) is 3.69. The molecular weight excluding hydrogens is 324 g/mol. The zero-order valence-electron chi connectivity index (χ0n) is 14.4. The third kappa shape index (κ3) is 3.38. The molecule has 1 aromatic carbocycles. The predicted molar refractivity (Wildman–Crippen MR) is 95.3 cm³/mol. The zero-order valence-corrected chi connectivity index (χ0v) is 15.2. The number of benzene rings is 1. The molecule has 0 bridgehead atoms. The summed E-state index contributed by atoms with van der Waals surface area (Å²) in [5, 5.41) is 5.75. The monoisotopic (exact) mass is 348 g/mol. The molecule has 1 aliphatic carbocycles. The smallest absolute Gasteiger partial charge is 0.243 e. The molecule has 0 saturated carbocycles. The summed E-state index contributed by atoms with van der Waals surface area (Å²) in [6.45, 7) is 4.16. The van der Waals surface area contributed by atoms with Crippen molar-refractivity contribution in [2.45, 2.75) is 50.4 Å². The summed E-state index contributed by atoms with van der Waals surface area (Å²) in [5.74, 6) is 1.17. The first kappa shape index (κ1) is 17.1. The number of thioether (sulfide) groups is 1. The molecule has 1 fully saturated rings. The van der Waals surface area contributed by atoms with E-state index in [1.807, 2.05) is 13.8 Å². The highest BCUT2D eigenvalue weighted by Crippen LogP contribution is 2.31. The Morgan fingerprint density at radius 1 is 1.38 bits per heavy atom. The Balaban J connectivity index is 1.64. The first-order chi connectivity index (χ1) is 11.4. The van der Waals surface area contributed by atoms with Crippen LogP contribution < -0.4 is 15.4 Å². The summed E-state index contributed by atoms with van der Waals surface area (Å²) < 4.78 is 5.00. The lowest BCUT2D eigenvalue weighted by Crippen LogP contribution is -2.57. The number of hydrogen-bond acceptors (Lipinski definition) is 4. The van der Waals surface area contributed by atoms with E-state index in [-0.39, 0.29) is 11.8 Å². The van der Waals surface area contributed by atoms with E-state index in [1.54, 1.807) is 7.11 Å². The van der Waals surface area contributed by atoms with Crippen molar-refractivity contribution in [3.63, 3.8) is 0 Å². The van der Waals surface area contributed by atoms with Crippen LogP contribution in [-0.4, -0.2) is 35.5 Å². The molecule has 2 aliphatic rings. The lowest BCUT2D eigenvalue weighted by molar-refractivity contribution is -0.129. The number of nitrogens with one attached hydrogen (secondary N) is 2. The minimum Gasteiger partial charge on any atom is -0.496 e. The van der Waals surface area contributed by atoms with Gasteiger partial charge in [-0.15, -0.1) is 11.8 Å². The normalized spacial score (nSPS) is 21.8. The molecule has 130 valence electrons. The molecule has 3 rings (SSSR count).